The number of aliphatic hydroxyl groups is 1. The molecule has 7 rings (SSSR count). The number of hydrogen-bond acceptors (Lipinski definition) is 8. The van der Waals surface area contributed by atoms with E-state index in [0.29, 0.717) is 24.2 Å². The third kappa shape index (κ3) is 3.68. The van der Waals surface area contributed by atoms with Crippen molar-refractivity contribution in [3.63, 3.8) is 0 Å². The molecule has 1 spiro atoms. The van der Waals surface area contributed by atoms with Gasteiger partial charge in [0, 0.05) is 35.7 Å². The third-order valence-electron chi connectivity index (χ3n) is 12.1. The number of ketones is 1. The number of benzene rings is 1. The molecule has 0 aromatic heterocycles. The fourth-order valence-electron chi connectivity index (χ4n) is 9.69. The largest absolute Gasteiger partial charge is 0.479 e. The molecule has 1 aromatic rings. The zero-order chi connectivity index (χ0) is 29.6. The van der Waals surface area contributed by atoms with Crippen LogP contribution in [0.15, 0.2) is 29.9 Å². The first-order valence-corrected chi connectivity index (χ1v) is 14.7. The maximum Gasteiger partial charge on any atom is 0.469 e. The van der Waals surface area contributed by atoms with Gasteiger partial charge in [0.25, 0.3) is 0 Å². The summed E-state index contributed by atoms with van der Waals surface area (Å²) in [6.07, 6.45) is 4.43. The van der Waals surface area contributed by atoms with Crippen LogP contribution in [0.5, 0.6) is 5.75 Å². The summed E-state index contributed by atoms with van der Waals surface area (Å²) in [6.45, 7) is 12.0. The Morgan fingerprint density at radius 2 is 2.07 bits per heavy atom. The Labute approximate surface area is 241 Å². The van der Waals surface area contributed by atoms with Gasteiger partial charge < -0.3 is 24.5 Å². The molecular weight excluding hydrogens is 526 g/mol. The van der Waals surface area contributed by atoms with Crippen LogP contribution in [-0.4, -0.2) is 65.9 Å². The molecule has 0 amide bonds. The van der Waals surface area contributed by atoms with Crippen molar-refractivity contribution in [2.75, 3.05) is 13.7 Å². The van der Waals surface area contributed by atoms with Gasteiger partial charge in [-0.3, -0.25) is 4.79 Å². The number of halogens is 1. The molecule has 5 bridgehead atoms. The molecule has 1 heterocycles. The third-order valence-corrected chi connectivity index (χ3v) is 12.1. The number of aliphatic hydroxyl groups excluding tert-OH is 1. The lowest BCUT2D eigenvalue weighted by atomic mass is 9.25. The van der Waals surface area contributed by atoms with Gasteiger partial charge in [0.1, 0.15) is 11.9 Å². The Morgan fingerprint density at radius 1 is 1.34 bits per heavy atom. The van der Waals surface area contributed by atoms with Crippen LogP contribution >= 0.6 is 0 Å². The molecule has 1 aromatic carbocycles. The second kappa shape index (κ2) is 9.39. The molecular formula is C31H40BFN2O6. The predicted octanol–water partition coefficient (Wildman–Crippen LogP) is 2.93. The van der Waals surface area contributed by atoms with Gasteiger partial charge in [-0.1, -0.05) is 33.8 Å². The van der Waals surface area contributed by atoms with Crippen molar-refractivity contribution < 1.29 is 33.6 Å². The number of carbonyl (C=O) groups excluding carboxylic acids is 2. The number of fused-ring (bicyclic) bond motifs is 2. The predicted molar refractivity (Wildman–Crippen MR) is 152 cm³/mol. The van der Waals surface area contributed by atoms with Crippen LogP contribution in [0.2, 0.25) is 0 Å². The van der Waals surface area contributed by atoms with Crippen LogP contribution in [0, 0.1) is 51.7 Å². The molecule has 1 unspecified atom stereocenters. The van der Waals surface area contributed by atoms with E-state index >= 15 is 4.39 Å². The standard InChI is InChI=1S/C31H40BFN2O6/c1-7-29(4)13-22(41-23(37)15-40-21-9-8-18-14-34-35(6)32(39)25(18)26(21)33)30(5)16(2)12-19-24-20(36)10-11-31(19,27(24)30)17(3)28(29)38/h7-9,14,16-17,19,22,24,27-28,38-39H,1,10-13,15H2,2-6H3/t16-,17+,19+,22-,24?,27+,28+,29-,30+,31+/m1/s1. The van der Waals surface area contributed by atoms with Crippen molar-refractivity contribution in [1.82, 2.24) is 4.92 Å². The molecule has 0 saturated heterocycles. The highest BCUT2D eigenvalue weighted by atomic mass is 19.1. The van der Waals surface area contributed by atoms with Gasteiger partial charge in [-0.25, -0.2) is 9.18 Å². The summed E-state index contributed by atoms with van der Waals surface area (Å²) >= 11 is 0. The molecule has 8 nitrogen and oxygen atoms in total. The number of hydrogen-bond donors (Lipinski definition) is 2. The average Bonchev–Trinajstić information content (AvgIpc) is 2.94. The number of carbonyl (C=O) groups is 2. The van der Waals surface area contributed by atoms with Crippen molar-refractivity contribution in [2.45, 2.75) is 65.6 Å². The van der Waals surface area contributed by atoms with Gasteiger partial charge in [-0.05, 0) is 66.0 Å². The molecule has 2 N–H and O–H groups in total. The summed E-state index contributed by atoms with van der Waals surface area (Å²) in [7, 11) is 0.251. The molecule has 41 heavy (non-hydrogen) atoms. The van der Waals surface area contributed by atoms with E-state index in [1.54, 1.807) is 12.1 Å². The average molecular weight is 566 g/mol. The van der Waals surface area contributed by atoms with Gasteiger partial charge in [-0.15, -0.1) is 6.58 Å². The van der Waals surface area contributed by atoms with E-state index in [4.69, 9.17) is 9.47 Å². The summed E-state index contributed by atoms with van der Waals surface area (Å²) < 4.78 is 27.2. The van der Waals surface area contributed by atoms with Crippen LogP contribution in [-0.2, 0) is 14.3 Å². The molecule has 10 atom stereocenters. The van der Waals surface area contributed by atoms with E-state index in [0.717, 1.165) is 12.8 Å². The lowest BCUT2D eigenvalue weighted by molar-refractivity contribution is -0.322. The number of nitrogens with zero attached hydrogens (tertiary/aromatic N) is 2. The Hall–Kier alpha value is -2.72. The number of hydrazone groups is 1. The summed E-state index contributed by atoms with van der Waals surface area (Å²) in [5, 5.41) is 26.2. The van der Waals surface area contributed by atoms with E-state index in [1.165, 1.54) is 24.2 Å². The molecule has 5 saturated carbocycles. The minimum Gasteiger partial charge on any atom is -0.479 e. The first-order valence-electron chi connectivity index (χ1n) is 14.7. The minimum absolute atomic E-state index is 0.0148. The Bertz CT molecular complexity index is 1340. The molecule has 6 aliphatic rings. The van der Waals surface area contributed by atoms with E-state index in [-0.39, 0.29) is 46.2 Å². The van der Waals surface area contributed by atoms with Crippen LogP contribution in [0.1, 0.15) is 58.9 Å². The summed E-state index contributed by atoms with van der Waals surface area (Å²) in [5.41, 5.74) is -0.929. The normalized spacial score (nSPS) is 42.4. The number of ether oxygens (including phenoxy) is 2. The monoisotopic (exact) mass is 566 g/mol. The second-order valence-corrected chi connectivity index (χ2v) is 13.7. The molecule has 5 fully saturated rings. The SMILES string of the molecule is C=C[C@]1(C)C[C@@H](OC(=O)COc2ccc3c(c2F)B(O)N(C)N=C3)[C@]2(C)[C@H](C)C[C@H]3C4C(=O)CC[C@@]3([C@@H](C)[C@@H]1O)[C@@H]42. The van der Waals surface area contributed by atoms with Crippen molar-refractivity contribution in [2.24, 2.45) is 50.9 Å². The lowest BCUT2D eigenvalue weighted by Gasteiger charge is -2.78. The molecule has 5 aliphatic carbocycles. The van der Waals surface area contributed by atoms with E-state index in [1.807, 2.05) is 6.92 Å². The zero-order valence-electron chi connectivity index (χ0n) is 24.5. The Kier molecular flexibility index (Phi) is 6.51. The van der Waals surface area contributed by atoms with Crippen molar-refractivity contribution in [3.05, 3.63) is 36.2 Å². The van der Waals surface area contributed by atoms with Crippen molar-refractivity contribution >= 4 is 30.5 Å². The highest BCUT2D eigenvalue weighted by molar-refractivity contribution is 6.65. The van der Waals surface area contributed by atoms with Crippen LogP contribution in [0.3, 0.4) is 0 Å². The van der Waals surface area contributed by atoms with Gasteiger partial charge >= 0.3 is 13.0 Å². The Morgan fingerprint density at radius 3 is 2.78 bits per heavy atom. The van der Waals surface area contributed by atoms with Gasteiger partial charge in [0.15, 0.2) is 18.2 Å². The van der Waals surface area contributed by atoms with Crippen LogP contribution < -0.4 is 10.2 Å². The lowest BCUT2D eigenvalue weighted by Crippen LogP contribution is -2.78. The highest BCUT2D eigenvalue weighted by Crippen LogP contribution is 2.79. The van der Waals surface area contributed by atoms with Gasteiger partial charge in [0.05, 0.1) is 12.3 Å². The minimum atomic E-state index is -1.28. The molecule has 0 radical (unpaired) electrons. The maximum atomic E-state index is 15.3. The van der Waals surface area contributed by atoms with E-state index < -0.39 is 48.5 Å². The first-order chi connectivity index (χ1) is 19.3. The topological polar surface area (TPSA) is 109 Å². The van der Waals surface area contributed by atoms with Crippen molar-refractivity contribution in [1.29, 1.82) is 0 Å². The maximum absolute atomic E-state index is 15.3. The molecule has 10 heteroatoms. The van der Waals surface area contributed by atoms with Crippen molar-refractivity contribution in [3.8, 4) is 5.75 Å². The Balaban J connectivity index is 1.29. The van der Waals surface area contributed by atoms with Crippen LogP contribution in [0.4, 0.5) is 4.39 Å². The number of rotatable bonds is 5. The number of esters is 1. The highest BCUT2D eigenvalue weighted by Gasteiger charge is 2.79. The number of Topliss-reactive ketones (excluding diaryl/α,β-unsaturated/α-hetero) is 1. The fraction of sp³-hybridized carbons (Fsp3) is 0.645. The summed E-state index contributed by atoms with van der Waals surface area (Å²) in [6, 6.07) is 2.99. The second-order valence-electron chi connectivity index (χ2n) is 13.7. The first kappa shape index (κ1) is 28.4. The smallest absolute Gasteiger partial charge is 0.469 e. The van der Waals surface area contributed by atoms with Gasteiger partial charge in [0.2, 0.25) is 0 Å². The molecule has 220 valence electrons. The quantitative estimate of drug-likeness (QED) is 0.321. The summed E-state index contributed by atoms with van der Waals surface area (Å²) in [5.74, 6) is -0.929. The zero-order valence-corrected chi connectivity index (χ0v) is 24.5. The fourth-order valence-corrected chi connectivity index (χ4v) is 9.69. The van der Waals surface area contributed by atoms with E-state index in [9.17, 15) is 19.7 Å². The summed E-state index contributed by atoms with van der Waals surface area (Å²) in [4.78, 5) is 27.8. The molecule has 1 aliphatic heterocycles. The van der Waals surface area contributed by atoms with Gasteiger partial charge in [-0.2, -0.15) is 5.10 Å². The van der Waals surface area contributed by atoms with E-state index in [2.05, 4.69) is 32.5 Å². The van der Waals surface area contributed by atoms with Crippen LogP contribution in [0.25, 0.3) is 0 Å².